The summed E-state index contributed by atoms with van der Waals surface area (Å²) >= 11 is 0. The van der Waals surface area contributed by atoms with Gasteiger partial charge in [-0.1, -0.05) is 187 Å². The van der Waals surface area contributed by atoms with Crippen molar-refractivity contribution in [2.24, 2.45) is 0 Å². The molecule has 1 amide bonds. The third kappa shape index (κ3) is 32.5. The average Bonchev–Trinajstić information content (AvgIpc) is 2.98. The molecule has 6 nitrogen and oxygen atoms in total. The van der Waals surface area contributed by atoms with Crippen LogP contribution in [0.3, 0.4) is 0 Å². The van der Waals surface area contributed by atoms with E-state index in [0.29, 0.717) is 6.42 Å². The number of carbonyl (C=O) groups excluding carboxylic acids is 1. The molecule has 0 aromatic heterocycles. The van der Waals surface area contributed by atoms with Gasteiger partial charge in [-0.05, 0) is 19.3 Å². The van der Waals surface area contributed by atoms with Crippen molar-refractivity contribution < 1.29 is 22.9 Å². The van der Waals surface area contributed by atoms with Crippen LogP contribution in [0.2, 0.25) is 0 Å². The summed E-state index contributed by atoms with van der Waals surface area (Å²) in [5, 5.41) is 13.2. The van der Waals surface area contributed by atoms with Gasteiger partial charge in [0.25, 0.3) is 10.1 Å². The summed E-state index contributed by atoms with van der Waals surface area (Å²) in [6, 6.07) is -1.05. The number of amides is 1. The number of aliphatic hydroxyl groups excluding tert-OH is 1. The highest BCUT2D eigenvalue weighted by molar-refractivity contribution is 7.85. The van der Waals surface area contributed by atoms with E-state index in [1.807, 2.05) is 6.08 Å². The van der Waals surface area contributed by atoms with Gasteiger partial charge in [-0.2, -0.15) is 8.42 Å². The van der Waals surface area contributed by atoms with Crippen molar-refractivity contribution in [2.45, 2.75) is 212 Å². The van der Waals surface area contributed by atoms with Crippen molar-refractivity contribution in [3.05, 3.63) is 12.2 Å². The van der Waals surface area contributed by atoms with Crippen LogP contribution in [0.5, 0.6) is 0 Å². The van der Waals surface area contributed by atoms with Crippen LogP contribution in [0.15, 0.2) is 12.2 Å². The molecule has 0 spiro atoms. The van der Waals surface area contributed by atoms with Crippen LogP contribution in [0.1, 0.15) is 200 Å². The third-order valence-corrected chi connectivity index (χ3v) is 9.49. The predicted octanol–water partition coefficient (Wildman–Crippen LogP) is 10.6. The molecule has 0 saturated heterocycles. The Morgan fingerprint density at radius 3 is 1.30 bits per heavy atom. The second-order valence-corrected chi connectivity index (χ2v) is 14.7. The number of carbonyl (C=O) groups is 1. The van der Waals surface area contributed by atoms with E-state index < -0.39 is 28.0 Å². The summed E-state index contributed by atoms with van der Waals surface area (Å²) in [7, 11) is -4.33. The van der Waals surface area contributed by atoms with Crippen LogP contribution in [-0.4, -0.2) is 41.9 Å². The molecule has 0 aromatic carbocycles. The van der Waals surface area contributed by atoms with Crippen LogP contribution in [0, 0.1) is 0 Å². The summed E-state index contributed by atoms with van der Waals surface area (Å²) in [6.45, 7) is 4.49. The van der Waals surface area contributed by atoms with E-state index in [0.717, 1.165) is 38.5 Å². The first kappa shape index (κ1) is 43.1. The summed E-state index contributed by atoms with van der Waals surface area (Å²) in [6.07, 6.45) is 37.8. The molecule has 0 saturated carbocycles. The molecule has 0 aliphatic carbocycles. The Bertz CT molecular complexity index is 755. The van der Waals surface area contributed by atoms with E-state index in [4.69, 9.17) is 0 Å². The molecule has 2 unspecified atom stereocenters. The predicted molar refractivity (Wildman–Crippen MR) is 189 cm³/mol. The van der Waals surface area contributed by atoms with Gasteiger partial charge in [-0.15, -0.1) is 0 Å². The van der Waals surface area contributed by atoms with Gasteiger partial charge in [0.2, 0.25) is 5.91 Å². The molecular weight excluding hydrogens is 570 g/mol. The summed E-state index contributed by atoms with van der Waals surface area (Å²) < 4.78 is 32.3. The Kier molecular flexibility index (Phi) is 31.4. The average molecular weight is 644 g/mol. The Hall–Kier alpha value is -0.920. The maximum atomic E-state index is 12.4. The van der Waals surface area contributed by atoms with Crippen molar-refractivity contribution in [2.75, 3.05) is 5.75 Å². The topological polar surface area (TPSA) is 104 Å². The smallest absolute Gasteiger partial charge is 0.267 e. The first-order valence-electron chi connectivity index (χ1n) is 18.9. The van der Waals surface area contributed by atoms with Gasteiger partial charge in [0.05, 0.1) is 17.9 Å². The molecular formula is C37H73NO5S. The minimum absolute atomic E-state index is 0.280. The number of allylic oxidation sites excluding steroid dienone is 1. The third-order valence-electron chi connectivity index (χ3n) is 8.71. The molecule has 0 radical (unpaired) electrons. The molecule has 7 heteroatoms. The lowest BCUT2D eigenvalue weighted by atomic mass is 10.0. The molecule has 0 aliphatic rings. The minimum atomic E-state index is -4.33. The summed E-state index contributed by atoms with van der Waals surface area (Å²) in [5.74, 6) is -0.973. The van der Waals surface area contributed by atoms with Crippen molar-refractivity contribution >= 4 is 16.0 Å². The number of nitrogens with one attached hydrogen (secondary N) is 1. The normalized spacial score (nSPS) is 13.5. The van der Waals surface area contributed by atoms with Crippen LogP contribution in [0.4, 0.5) is 0 Å². The van der Waals surface area contributed by atoms with Crippen LogP contribution >= 0.6 is 0 Å². The minimum Gasteiger partial charge on any atom is -0.387 e. The summed E-state index contributed by atoms with van der Waals surface area (Å²) in [5.41, 5.74) is 0. The fourth-order valence-corrected chi connectivity index (χ4v) is 6.60. The van der Waals surface area contributed by atoms with Gasteiger partial charge in [0.1, 0.15) is 0 Å². The van der Waals surface area contributed by atoms with E-state index in [1.165, 1.54) is 141 Å². The zero-order chi connectivity index (χ0) is 32.6. The van der Waals surface area contributed by atoms with E-state index in [-0.39, 0.29) is 5.91 Å². The maximum Gasteiger partial charge on any atom is 0.267 e. The van der Waals surface area contributed by atoms with Gasteiger partial charge >= 0.3 is 0 Å². The van der Waals surface area contributed by atoms with Gasteiger partial charge < -0.3 is 10.4 Å². The van der Waals surface area contributed by atoms with Crippen molar-refractivity contribution in [3.63, 3.8) is 0 Å². The maximum absolute atomic E-state index is 12.4. The second-order valence-electron chi connectivity index (χ2n) is 13.2. The van der Waals surface area contributed by atoms with Crippen LogP contribution in [-0.2, 0) is 14.9 Å². The van der Waals surface area contributed by atoms with Gasteiger partial charge in [0, 0.05) is 6.42 Å². The fourth-order valence-electron chi connectivity index (χ4n) is 5.86. The highest BCUT2D eigenvalue weighted by Crippen LogP contribution is 2.15. The van der Waals surface area contributed by atoms with Gasteiger partial charge in [0.15, 0.2) is 0 Å². The van der Waals surface area contributed by atoms with Crippen LogP contribution in [0.25, 0.3) is 0 Å². The molecule has 3 N–H and O–H groups in total. The van der Waals surface area contributed by atoms with Gasteiger partial charge in [-0.25, -0.2) is 0 Å². The number of aliphatic hydroxyl groups is 1. The van der Waals surface area contributed by atoms with Crippen molar-refractivity contribution in [1.29, 1.82) is 0 Å². The van der Waals surface area contributed by atoms with Gasteiger partial charge in [-0.3, -0.25) is 9.35 Å². The monoisotopic (exact) mass is 644 g/mol. The van der Waals surface area contributed by atoms with E-state index >= 15 is 0 Å². The number of unbranched alkanes of at least 4 members (excludes halogenated alkanes) is 26. The lowest BCUT2D eigenvalue weighted by molar-refractivity contribution is -0.122. The number of rotatable bonds is 34. The highest BCUT2D eigenvalue weighted by Gasteiger charge is 2.24. The van der Waals surface area contributed by atoms with E-state index in [1.54, 1.807) is 6.08 Å². The fraction of sp³-hybridized carbons (Fsp3) is 0.919. The molecule has 262 valence electrons. The zero-order valence-electron chi connectivity index (χ0n) is 29.1. The lowest BCUT2D eigenvalue weighted by Crippen LogP contribution is -2.46. The molecule has 0 aromatic rings. The van der Waals surface area contributed by atoms with Crippen molar-refractivity contribution in [1.82, 2.24) is 5.32 Å². The quantitative estimate of drug-likeness (QED) is 0.0368. The molecule has 0 fully saturated rings. The van der Waals surface area contributed by atoms with Crippen molar-refractivity contribution in [3.8, 4) is 0 Å². The first-order valence-corrected chi connectivity index (χ1v) is 20.5. The Balaban J connectivity index is 3.87. The Morgan fingerprint density at radius 2 is 0.932 bits per heavy atom. The Labute approximate surface area is 273 Å². The molecule has 44 heavy (non-hydrogen) atoms. The SMILES string of the molecule is CCCCCCCCCCCCCCCCCCCC/C=C/C(O)C(CS(=O)(=O)O)NC(=O)CCCCCCCCCCC. The largest absolute Gasteiger partial charge is 0.387 e. The Morgan fingerprint density at radius 1 is 0.591 bits per heavy atom. The molecule has 0 rings (SSSR count). The molecule has 0 bridgehead atoms. The standard InChI is InChI=1S/C37H73NO5S/c1-3-5-7-9-11-13-14-15-16-17-18-19-20-21-22-23-25-26-28-30-32-36(39)35(34-44(41,42)43)38-37(40)33-31-29-27-24-12-10-8-6-4-2/h30,32,35-36,39H,3-29,31,33-34H2,1-2H3,(H,38,40)(H,41,42,43)/b32-30+. The zero-order valence-corrected chi connectivity index (χ0v) is 29.9. The second kappa shape index (κ2) is 32.0. The van der Waals surface area contributed by atoms with E-state index in [9.17, 15) is 22.9 Å². The lowest BCUT2D eigenvalue weighted by Gasteiger charge is -2.21. The summed E-state index contributed by atoms with van der Waals surface area (Å²) in [4.78, 5) is 12.4. The number of hydrogen-bond acceptors (Lipinski definition) is 4. The molecule has 0 heterocycles. The van der Waals surface area contributed by atoms with E-state index in [2.05, 4.69) is 19.2 Å². The first-order chi connectivity index (χ1) is 21.3. The molecule has 0 aliphatic heterocycles. The van der Waals surface area contributed by atoms with Crippen LogP contribution < -0.4 is 5.32 Å². The number of hydrogen-bond donors (Lipinski definition) is 3. The molecule has 2 atom stereocenters. The highest BCUT2D eigenvalue weighted by atomic mass is 32.2.